The fourth-order valence-electron chi connectivity index (χ4n) is 6.37. The van der Waals surface area contributed by atoms with Crippen LogP contribution in [0, 0.1) is 0 Å². The van der Waals surface area contributed by atoms with Gasteiger partial charge in [-0.25, -0.2) is 24.3 Å². The van der Waals surface area contributed by atoms with Crippen molar-refractivity contribution in [2.24, 2.45) is 0 Å². The maximum atomic E-state index is 16.3. The molecule has 0 saturated carbocycles. The highest BCUT2D eigenvalue weighted by Gasteiger charge is 2.55. The molecule has 3 saturated heterocycles. The zero-order valence-electron chi connectivity index (χ0n) is 29.3. The Morgan fingerprint density at radius 2 is 1.57 bits per heavy atom. The van der Waals surface area contributed by atoms with Crippen molar-refractivity contribution >= 4 is 79.3 Å². The van der Waals surface area contributed by atoms with Crippen LogP contribution in [0.2, 0.25) is 18.1 Å². The summed E-state index contributed by atoms with van der Waals surface area (Å²) in [5.41, 5.74) is 6.14. The Morgan fingerprint density at radius 1 is 0.963 bits per heavy atom. The molecule has 0 aliphatic carbocycles. The van der Waals surface area contributed by atoms with Crippen molar-refractivity contribution in [3.8, 4) is 0 Å². The topological polar surface area (TPSA) is 243 Å². The summed E-state index contributed by atoms with van der Waals surface area (Å²) >= 11 is 10.9. The standard InChI is InChI=1S/C28H37FN10O10P2S2Si/c1-28(2,3)54(4,5)49-20-19-14(46-26(20)39-12-35-17-23(39)36-27-31-6-7-37(27)24(17)40)9-44-50(41,52)47-18-13(8-43-51(42,53)48-19)45-25(15(18)29)38-11-34-16-21(30)32-10-33-22(16)38/h6-7,10-15,18-20,25-26H,8-9H2,1-5H3,(H,31,36)(H,41,52)(H,42,53)(H2,30,32,33)/t13-,14-,15-,18-,19-,20?,25-,26-,50?,51?/m1/s1. The second-order valence-electron chi connectivity index (χ2n) is 14.6. The van der Waals surface area contributed by atoms with Crippen LogP contribution < -0.4 is 11.3 Å². The number of alkyl halides is 1. The minimum atomic E-state index is -4.26. The van der Waals surface area contributed by atoms with E-state index in [4.69, 9.17) is 61.3 Å². The molecule has 0 bridgehead atoms. The van der Waals surface area contributed by atoms with Gasteiger partial charge in [-0.2, -0.15) is 4.98 Å². The van der Waals surface area contributed by atoms with Crippen LogP contribution in [-0.4, -0.2) is 111 Å². The smallest absolute Gasteiger partial charge is 0.325 e. The van der Waals surface area contributed by atoms with Crippen molar-refractivity contribution in [3.05, 3.63) is 41.7 Å². The number of nitrogens with zero attached hydrogens (tertiary/aromatic N) is 8. The Morgan fingerprint density at radius 3 is 2.26 bits per heavy atom. The Bertz CT molecular complexity index is 2410. The molecule has 5 N–H and O–H groups in total. The molecule has 0 radical (unpaired) electrons. The second-order valence-corrected chi connectivity index (χ2v) is 24.9. The largest absolute Gasteiger partial charge is 0.407 e. The van der Waals surface area contributed by atoms with Crippen molar-refractivity contribution in [2.75, 3.05) is 18.9 Å². The monoisotopic (exact) mass is 846 g/mol. The van der Waals surface area contributed by atoms with Gasteiger partial charge in [-0.1, -0.05) is 20.8 Å². The number of hydrogen-bond donors (Lipinski definition) is 4. The molecular formula is C28H37FN10O10P2S2Si. The molecule has 10 atom stereocenters. The molecule has 292 valence electrons. The van der Waals surface area contributed by atoms with E-state index >= 15 is 4.39 Å². The third-order valence-electron chi connectivity index (χ3n) is 10.1. The van der Waals surface area contributed by atoms with Crippen molar-refractivity contribution in [1.82, 2.24) is 43.4 Å². The zero-order valence-corrected chi connectivity index (χ0v) is 33.7. The Labute approximate surface area is 316 Å². The highest BCUT2D eigenvalue weighted by molar-refractivity contribution is 8.07. The van der Waals surface area contributed by atoms with Gasteiger partial charge in [0.05, 0.1) is 25.9 Å². The number of fused-ring (bicyclic) bond motifs is 5. The number of nitrogens with one attached hydrogen (secondary N) is 1. The molecular weight excluding hydrogens is 810 g/mol. The molecule has 20 nitrogen and oxygen atoms in total. The number of rotatable bonds is 4. The van der Waals surface area contributed by atoms with Crippen LogP contribution in [0.1, 0.15) is 33.2 Å². The third-order valence-corrected chi connectivity index (χ3v) is 17.7. The van der Waals surface area contributed by atoms with E-state index in [1.807, 2.05) is 33.9 Å². The van der Waals surface area contributed by atoms with Crippen LogP contribution in [0.25, 0.3) is 28.1 Å². The van der Waals surface area contributed by atoms with Gasteiger partial charge in [0.15, 0.2) is 49.6 Å². The number of anilines is 1. The first-order valence-electron chi connectivity index (χ1n) is 16.6. The fraction of sp³-hybridized carbons (Fsp3) is 0.571. The van der Waals surface area contributed by atoms with Gasteiger partial charge < -0.3 is 43.5 Å². The van der Waals surface area contributed by atoms with Crippen molar-refractivity contribution < 1.29 is 46.2 Å². The first-order valence-corrected chi connectivity index (χ1v) is 24.7. The van der Waals surface area contributed by atoms with E-state index in [2.05, 4.69) is 29.9 Å². The van der Waals surface area contributed by atoms with Gasteiger partial charge in [0.25, 0.3) is 5.56 Å². The summed E-state index contributed by atoms with van der Waals surface area (Å²) in [6, 6.07) is 0. The summed E-state index contributed by atoms with van der Waals surface area (Å²) in [6.07, 6.45) is -3.71. The minimum Gasteiger partial charge on any atom is -0.407 e. The predicted octanol–water partition coefficient (Wildman–Crippen LogP) is 2.57. The number of hydrogen-bond acceptors (Lipinski definition) is 16. The maximum absolute atomic E-state index is 16.3. The molecule has 3 aliphatic heterocycles. The Hall–Kier alpha value is -2.67. The molecule has 8 heterocycles. The molecule has 5 aromatic rings. The molecule has 0 spiro atoms. The summed E-state index contributed by atoms with van der Waals surface area (Å²) in [5.74, 6) is 0.336. The highest BCUT2D eigenvalue weighted by atomic mass is 32.5. The highest BCUT2D eigenvalue weighted by Crippen LogP contribution is 2.55. The average Bonchev–Trinajstić information content (AvgIpc) is 3.91. The zero-order chi connectivity index (χ0) is 38.5. The van der Waals surface area contributed by atoms with E-state index in [9.17, 15) is 14.6 Å². The fourth-order valence-corrected chi connectivity index (χ4v) is 10.5. The molecule has 5 aromatic heterocycles. The number of H-pyrrole nitrogens is 1. The van der Waals surface area contributed by atoms with Gasteiger partial charge in [0, 0.05) is 12.4 Å². The van der Waals surface area contributed by atoms with Crippen LogP contribution in [0.5, 0.6) is 0 Å². The molecule has 8 rings (SSSR count). The number of aromatic amines is 1. The van der Waals surface area contributed by atoms with Crippen LogP contribution >= 0.6 is 13.4 Å². The van der Waals surface area contributed by atoms with E-state index in [1.54, 1.807) is 6.20 Å². The van der Waals surface area contributed by atoms with E-state index in [0.29, 0.717) is 0 Å². The van der Waals surface area contributed by atoms with Gasteiger partial charge in [0.1, 0.15) is 42.4 Å². The maximum Gasteiger partial charge on any atom is 0.325 e. The van der Waals surface area contributed by atoms with E-state index < -0.39 is 89.7 Å². The van der Waals surface area contributed by atoms with Crippen molar-refractivity contribution in [3.63, 3.8) is 0 Å². The van der Waals surface area contributed by atoms with Gasteiger partial charge in [-0.15, -0.1) is 0 Å². The summed E-state index contributed by atoms with van der Waals surface area (Å²) in [6.45, 7) is 0.648. The van der Waals surface area contributed by atoms with Crippen molar-refractivity contribution in [1.29, 1.82) is 0 Å². The third kappa shape index (κ3) is 6.68. The number of halogens is 1. The van der Waals surface area contributed by atoms with Gasteiger partial charge in [-0.05, 0) is 41.7 Å². The minimum absolute atomic E-state index is 0.0601. The SMILES string of the molecule is CC(C)(C)[Si](C)(C)OC1[C@H](n2cnc3c(=O)n4cc[nH]c4nc32)O[C@@H]2COP(O)(=S)O[C@H]3[C@@H](F)[C@H](n4cnc5c(N)ncnc54)O[C@@H]3COP(O)(=S)O[C@@H]12. The second kappa shape index (κ2) is 13.5. The van der Waals surface area contributed by atoms with Crippen LogP contribution in [0.15, 0.2) is 36.2 Å². The van der Waals surface area contributed by atoms with Crippen molar-refractivity contribution in [2.45, 2.75) is 88.1 Å². The number of imidazole rings is 3. The molecule has 0 aromatic carbocycles. The molecule has 54 heavy (non-hydrogen) atoms. The first-order chi connectivity index (χ1) is 25.3. The quantitative estimate of drug-likeness (QED) is 0.150. The lowest BCUT2D eigenvalue weighted by atomic mass is 10.1. The summed E-state index contributed by atoms with van der Waals surface area (Å²) in [4.78, 5) is 60.3. The van der Waals surface area contributed by atoms with Gasteiger partial charge in [-0.3, -0.25) is 27.4 Å². The van der Waals surface area contributed by atoms with E-state index in [-0.39, 0.29) is 39.0 Å². The molecule has 0 amide bonds. The van der Waals surface area contributed by atoms with E-state index in [0.717, 1.165) is 0 Å². The lowest BCUT2D eigenvalue weighted by molar-refractivity contribution is -0.0587. The Kier molecular flexibility index (Phi) is 9.54. The van der Waals surface area contributed by atoms with E-state index in [1.165, 1.54) is 38.7 Å². The van der Waals surface area contributed by atoms with Crippen LogP contribution in [-0.2, 0) is 55.6 Å². The molecule has 3 fully saturated rings. The summed E-state index contributed by atoms with van der Waals surface area (Å²) < 4.78 is 63.6. The average molecular weight is 847 g/mol. The van der Waals surface area contributed by atoms with Crippen LogP contribution in [0.3, 0.4) is 0 Å². The number of aromatic nitrogens is 9. The Balaban J connectivity index is 1.15. The number of nitrogens with two attached hydrogens (primary N) is 1. The number of nitrogen functional groups attached to an aromatic ring is 1. The van der Waals surface area contributed by atoms with Gasteiger partial charge in [0.2, 0.25) is 5.78 Å². The summed E-state index contributed by atoms with van der Waals surface area (Å²) in [7, 11) is -2.68. The lowest BCUT2D eigenvalue weighted by Crippen LogP contribution is -2.49. The lowest BCUT2D eigenvalue weighted by Gasteiger charge is -2.41. The number of ether oxygens (including phenoxy) is 2. The van der Waals surface area contributed by atoms with Gasteiger partial charge >= 0.3 is 13.4 Å². The molecule has 26 heteroatoms. The molecule has 3 aliphatic rings. The molecule has 3 unspecified atom stereocenters. The normalized spacial score (nSPS) is 34.2. The summed E-state index contributed by atoms with van der Waals surface area (Å²) in [5, 5.41) is -0.315. The first kappa shape index (κ1) is 38.2. The predicted molar refractivity (Wildman–Crippen MR) is 198 cm³/mol. The van der Waals surface area contributed by atoms with Crippen LogP contribution in [0.4, 0.5) is 10.2 Å².